The molecule has 2 aromatic heterocycles. The molecule has 24 heavy (non-hydrogen) atoms. The zero-order valence-electron chi connectivity index (χ0n) is 13.2. The maximum atomic E-state index is 13.4. The molecule has 0 saturated carbocycles. The van der Waals surface area contributed by atoms with E-state index >= 15 is 0 Å². The van der Waals surface area contributed by atoms with Gasteiger partial charge in [-0.25, -0.2) is 14.2 Å². The van der Waals surface area contributed by atoms with Crippen molar-refractivity contribution in [3.8, 4) is 0 Å². The van der Waals surface area contributed by atoms with Gasteiger partial charge >= 0.3 is 5.69 Å². The summed E-state index contributed by atoms with van der Waals surface area (Å²) < 4.78 is 20.3. The Morgan fingerprint density at radius 1 is 1.46 bits per heavy atom. The van der Waals surface area contributed by atoms with Crippen LogP contribution in [-0.4, -0.2) is 15.5 Å². The second-order valence-electron chi connectivity index (χ2n) is 5.55. The van der Waals surface area contributed by atoms with Gasteiger partial charge in [0.2, 0.25) is 5.91 Å². The summed E-state index contributed by atoms with van der Waals surface area (Å²) in [6, 6.07) is 5.45. The van der Waals surface area contributed by atoms with E-state index in [9.17, 15) is 14.0 Å². The molecule has 3 rings (SSSR count). The molecule has 0 aliphatic carbocycles. The van der Waals surface area contributed by atoms with Gasteiger partial charge in [-0.05, 0) is 38.1 Å². The zero-order valence-corrected chi connectivity index (χ0v) is 13.2. The largest absolute Gasteiger partial charge is 0.459 e. The Balaban J connectivity index is 1.78. The number of benzene rings is 1. The van der Waals surface area contributed by atoms with Crippen molar-refractivity contribution in [1.82, 2.24) is 14.9 Å². The number of halogens is 1. The lowest BCUT2D eigenvalue weighted by atomic mass is 10.1. The quantitative estimate of drug-likeness (QED) is 0.797. The van der Waals surface area contributed by atoms with E-state index in [1.165, 1.54) is 29.1 Å². The zero-order chi connectivity index (χ0) is 17.3. The van der Waals surface area contributed by atoms with Crippen LogP contribution in [0.15, 0.2) is 45.9 Å². The molecule has 1 atom stereocenters. The Bertz CT molecular complexity index is 961. The Hall–Kier alpha value is -2.96. The first-order valence-electron chi connectivity index (χ1n) is 7.45. The van der Waals surface area contributed by atoms with Crippen LogP contribution in [0, 0.1) is 12.7 Å². The molecule has 1 amide bonds. The number of hydrogen-bond donors (Lipinski definition) is 1. The van der Waals surface area contributed by atoms with Crippen molar-refractivity contribution in [2.75, 3.05) is 0 Å². The number of rotatable bonds is 4. The number of nitrogens with zero attached hydrogens (tertiary/aromatic N) is 2. The van der Waals surface area contributed by atoms with E-state index in [4.69, 9.17) is 4.42 Å². The first kappa shape index (κ1) is 15.9. The molecule has 7 heteroatoms. The van der Waals surface area contributed by atoms with Crippen LogP contribution in [0.4, 0.5) is 4.39 Å². The fourth-order valence-electron chi connectivity index (χ4n) is 2.64. The minimum atomic E-state index is -0.490. The molecule has 0 saturated heterocycles. The summed E-state index contributed by atoms with van der Waals surface area (Å²) in [5.74, 6) is -0.128. The van der Waals surface area contributed by atoms with Gasteiger partial charge in [0.1, 0.15) is 23.7 Å². The number of carbonyl (C=O) groups excluding carboxylic acids is 1. The van der Waals surface area contributed by atoms with Crippen molar-refractivity contribution in [3.63, 3.8) is 0 Å². The Kier molecular flexibility index (Phi) is 4.16. The van der Waals surface area contributed by atoms with Crippen LogP contribution in [0.2, 0.25) is 0 Å². The van der Waals surface area contributed by atoms with Crippen LogP contribution < -0.4 is 11.0 Å². The molecule has 0 bridgehead atoms. The molecular formula is C17H16FN3O3. The van der Waals surface area contributed by atoms with Crippen LogP contribution in [0.5, 0.6) is 0 Å². The number of fused-ring (bicyclic) bond motifs is 1. The van der Waals surface area contributed by atoms with Gasteiger partial charge < -0.3 is 9.73 Å². The van der Waals surface area contributed by atoms with Gasteiger partial charge in [-0.15, -0.1) is 0 Å². The molecule has 6 nitrogen and oxygen atoms in total. The van der Waals surface area contributed by atoms with Gasteiger partial charge in [0, 0.05) is 23.3 Å². The Morgan fingerprint density at radius 2 is 2.25 bits per heavy atom. The lowest BCUT2D eigenvalue weighted by Gasteiger charge is -2.13. The average Bonchev–Trinajstić information content (AvgIpc) is 2.86. The number of nitrogens with one attached hydrogen (secondary N) is 1. The minimum absolute atomic E-state index is 0.134. The molecule has 0 aliphatic heterocycles. The fraction of sp³-hybridized carbons (Fsp3) is 0.235. The SMILES string of the molecule is Cc1c(C(C)NC(=O)Cn2cccnc2=O)oc2ccc(F)cc12. The molecule has 3 aromatic rings. The molecule has 0 radical (unpaired) electrons. The first-order chi connectivity index (χ1) is 11.5. The maximum absolute atomic E-state index is 13.4. The van der Waals surface area contributed by atoms with E-state index in [0.717, 1.165) is 5.56 Å². The predicted molar refractivity (Wildman–Crippen MR) is 86.0 cm³/mol. The van der Waals surface area contributed by atoms with Crippen molar-refractivity contribution in [2.45, 2.75) is 26.4 Å². The van der Waals surface area contributed by atoms with Crippen LogP contribution in [0.1, 0.15) is 24.3 Å². The summed E-state index contributed by atoms with van der Waals surface area (Å²) in [5.41, 5.74) is 0.847. The second-order valence-corrected chi connectivity index (χ2v) is 5.55. The van der Waals surface area contributed by atoms with Crippen molar-refractivity contribution in [1.29, 1.82) is 0 Å². The lowest BCUT2D eigenvalue weighted by molar-refractivity contribution is -0.122. The number of amides is 1. The van der Waals surface area contributed by atoms with Gasteiger partial charge in [-0.1, -0.05) is 0 Å². The molecule has 0 aliphatic rings. The highest BCUT2D eigenvalue weighted by Crippen LogP contribution is 2.29. The molecule has 0 spiro atoms. The van der Waals surface area contributed by atoms with E-state index in [2.05, 4.69) is 10.3 Å². The third-order valence-electron chi connectivity index (χ3n) is 3.80. The van der Waals surface area contributed by atoms with Crippen LogP contribution in [-0.2, 0) is 11.3 Å². The predicted octanol–water partition coefficient (Wildman–Crippen LogP) is 2.31. The smallest absolute Gasteiger partial charge is 0.347 e. The van der Waals surface area contributed by atoms with Crippen molar-refractivity contribution in [3.05, 3.63) is 64.3 Å². The topological polar surface area (TPSA) is 77.1 Å². The summed E-state index contributed by atoms with van der Waals surface area (Å²) in [6.07, 6.45) is 2.87. The Morgan fingerprint density at radius 3 is 3.00 bits per heavy atom. The monoisotopic (exact) mass is 329 g/mol. The second kappa shape index (κ2) is 6.27. The van der Waals surface area contributed by atoms with E-state index < -0.39 is 11.7 Å². The van der Waals surface area contributed by atoms with E-state index in [0.29, 0.717) is 16.7 Å². The molecule has 124 valence electrons. The van der Waals surface area contributed by atoms with E-state index in [1.807, 2.05) is 6.92 Å². The number of carbonyl (C=O) groups is 1. The maximum Gasteiger partial charge on any atom is 0.347 e. The van der Waals surface area contributed by atoms with E-state index in [1.54, 1.807) is 19.1 Å². The van der Waals surface area contributed by atoms with Crippen LogP contribution >= 0.6 is 0 Å². The summed E-state index contributed by atoms with van der Waals surface area (Å²) in [5, 5.41) is 3.45. The normalized spacial score (nSPS) is 12.3. The molecule has 1 N–H and O–H groups in total. The number of aryl methyl sites for hydroxylation is 1. The van der Waals surface area contributed by atoms with Crippen LogP contribution in [0.3, 0.4) is 0 Å². The van der Waals surface area contributed by atoms with Gasteiger partial charge in [0.25, 0.3) is 0 Å². The van der Waals surface area contributed by atoms with E-state index in [-0.39, 0.29) is 18.3 Å². The first-order valence-corrected chi connectivity index (χ1v) is 7.45. The number of hydrogen-bond acceptors (Lipinski definition) is 4. The van der Waals surface area contributed by atoms with Crippen molar-refractivity contribution in [2.24, 2.45) is 0 Å². The number of furan rings is 1. The fourth-order valence-corrected chi connectivity index (χ4v) is 2.64. The van der Waals surface area contributed by atoms with Gasteiger partial charge in [-0.3, -0.25) is 9.36 Å². The molecule has 0 fully saturated rings. The standard InChI is InChI=1S/C17H16FN3O3/c1-10-13-8-12(18)4-5-14(13)24-16(10)11(2)20-15(22)9-21-7-3-6-19-17(21)23/h3-8,11H,9H2,1-2H3,(H,20,22). The third kappa shape index (κ3) is 3.05. The summed E-state index contributed by atoms with van der Waals surface area (Å²) >= 11 is 0. The van der Waals surface area contributed by atoms with Gasteiger partial charge in [-0.2, -0.15) is 0 Å². The van der Waals surface area contributed by atoms with Gasteiger partial charge in [0.05, 0.1) is 6.04 Å². The lowest BCUT2D eigenvalue weighted by Crippen LogP contribution is -2.34. The Labute approximate surface area is 136 Å². The number of aromatic nitrogens is 2. The third-order valence-corrected chi connectivity index (χ3v) is 3.80. The highest BCUT2D eigenvalue weighted by atomic mass is 19.1. The minimum Gasteiger partial charge on any atom is -0.459 e. The molecule has 1 aromatic carbocycles. The van der Waals surface area contributed by atoms with Crippen molar-refractivity contribution >= 4 is 16.9 Å². The van der Waals surface area contributed by atoms with Gasteiger partial charge in [0.15, 0.2) is 0 Å². The molecule has 2 heterocycles. The molecule has 1 unspecified atom stereocenters. The highest BCUT2D eigenvalue weighted by Gasteiger charge is 2.19. The highest BCUT2D eigenvalue weighted by molar-refractivity contribution is 5.82. The van der Waals surface area contributed by atoms with Crippen LogP contribution in [0.25, 0.3) is 11.0 Å². The average molecular weight is 329 g/mol. The van der Waals surface area contributed by atoms with Crippen molar-refractivity contribution < 1.29 is 13.6 Å². The summed E-state index contributed by atoms with van der Waals surface area (Å²) in [7, 11) is 0. The summed E-state index contributed by atoms with van der Waals surface area (Å²) in [4.78, 5) is 27.3. The summed E-state index contributed by atoms with van der Waals surface area (Å²) in [6.45, 7) is 3.45. The molecular weight excluding hydrogens is 313 g/mol.